The lowest BCUT2D eigenvalue weighted by Crippen LogP contribution is -2.38. The molecule has 0 saturated heterocycles. The number of nitrogens with one attached hydrogen (secondary N) is 1. The van der Waals surface area contributed by atoms with Gasteiger partial charge in [0, 0.05) is 13.7 Å². The van der Waals surface area contributed by atoms with Gasteiger partial charge in [-0.05, 0) is 12.8 Å². The summed E-state index contributed by atoms with van der Waals surface area (Å²) in [6, 6.07) is 0. The van der Waals surface area contributed by atoms with Crippen molar-refractivity contribution in [1.82, 2.24) is 5.32 Å². The van der Waals surface area contributed by atoms with Crippen molar-refractivity contribution in [2.24, 2.45) is 17.6 Å². The van der Waals surface area contributed by atoms with Crippen LogP contribution in [0, 0.1) is 11.8 Å². The van der Waals surface area contributed by atoms with Crippen molar-refractivity contribution in [3.8, 4) is 0 Å². The fourth-order valence-corrected chi connectivity index (χ4v) is 1.01. The molecule has 2 unspecified atom stereocenters. The minimum atomic E-state index is -0.403. The van der Waals surface area contributed by atoms with E-state index < -0.39 is 5.92 Å². The summed E-state index contributed by atoms with van der Waals surface area (Å²) in [4.78, 5) is 11.6. The molecule has 1 amide bonds. The second kappa shape index (κ2) is 6.73. The third-order valence-electron chi connectivity index (χ3n) is 1.90. The highest BCUT2D eigenvalue weighted by Gasteiger charge is 2.15. The van der Waals surface area contributed by atoms with Gasteiger partial charge in [0.1, 0.15) is 0 Å². The molecule has 0 aromatic rings. The van der Waals surface area contributed by atoms with Crippen molar-refractivity contribution in [3.63, 3.8) is 0 Å². The molecule has 0 aliphatic heterocycles. The Hall–Kier alpha value is -0.680. The van der Waals surface area contributed by atoms with Crippen LogP contribution in [0.25, 0.3) is 0 Å². The first-order valence-electron chi connectivity index (χ1n) is 4.55. The maximum Gasteiger partial charge on any atom is 0.229 e. The van der Waals surface area contributed by atoms with Crippen LogP contribution in [-0.2, 0) is 9.53 Å². The average Bonchev–Trinajstić information content (AvgIpc) is 2.13. The van der Waals surface area contributed by atoms with Gasteiger partial charge in [0.15, 0.2) is 0 Å². The molecule has 14 heavy (non-hydrogen) atoms. The predicted octanol–water partition coefficient (Wildman–Crippen LogP) is 0.307. The number of nitrogens with two attached hydrogens (primary N) is 1. The minimum Gasteiger partial charge on any atom is -0.393 e. The van der Waals surface area contributed by atoms with E-state index in [9.17, 15) is 4.79 Å². The summed E-state index contributed by atoms with van der Waals surface area (Å²) in [5, 5.41) is 2.76. The van der Waals surface area contributed by atoms with Gasteiger partial charge in [0.2, 0.25) is 5.91 Å². The van der Waals surface area contributed by atoms with Crippen LogP contribution in [0.1, 0.15) is 13.8 Å². The maximum absolute atomic E-state index is 11.4. The van der Waals surface area contributed by atoms with Crippen LogP contribution in [0.5, 0.6) is 0 Å². The van der Waals surface area contributed by atoms with Crippen molar-refractivity contribution >= 4 is 23.1 Å². The number of amides is 1. The van der Waals surface area contributed by atoms with Crippen LogP contribution in [0.15, 0.2) is 0 Å². The van der Waals surface area contributed by atoms with Gasteiger partial charge in [-0.15, -0.1) is 0 Å². The van der Waals surface area contributed by atoms with Gasteiger partial charge in [0.25, 0.3) is 0 Å². The fraction of sp³-hybridized carbons (Fsp3) is 0.778. The lowest BCUT2D eigenvalue weighted by Gasteiger charge is -2.14. The van der Waals surface area contributed by atoms with Gasteiger partial charge in [-0.1, -0.05) is 19.1 Å². The summed E-state index contributed by atoms with van der Waals surface area (Å²) in [6.45, 7) is 4.90. The van der Waals surface area contributed by atoms with Crippen molar-refractivity contribution in [1.29, 1.82) is 0 Å². The highest BCUT2D eigenvalue weighted by molar-refractivity contribution is 7.80. The second-order valence-corrected chi connectivity index (χ2v) is 3.90. The molecule has 0 bridgehead atoms. The number of hydrogen-bond acceptors (Lipinski definition) is 3. The molecule has 0 spiro atoms. The van der Waals surface area contributed by atoms with Crippen molar-refractivity contribution in [2.75, 3.05) is 20.3 Å². The number of carbonyl (C=O) groups is 1. The molecule has 0 aromatic carbocycles. The molecule has 0 fully saturated rings. The molecular weight excluding hydrogens is 200 g/mol. The zero-order chi connectivity index (χ0) is 11.1. The smallest absolute Gasteiger partial charge is 0.229 e. The topological polar surface area (TPSA) is 64.3 Å². The van der Waals surface area contributed by atoms with E-state index in [1.165, 1.54) is 0 Å². The number of hydrogen-bond donors (Lipinski definition) is 2. The third-order valence-corrected chi connectivity index (χ3v) is 2.25. The van der Waals surface area contributed by atoms with Gasteiger partial charge in [-0.3, -0.25) is 4.79 Å². The van der Waals surface area contributed by atoms with Gasteiger partial charge in [-0.25, -0.2) is 0 Å². The molecule has 0 saturated carbocycles. The number of rotatable bonds is 6. The van der Waals surface area contributed by atoms with Gasteiger partial charge >= 0.3 is 0 Å². The number of methoxy groups -OCH3 is 1. The molecule has 5 heteroatoms. The molecule has 82 valence electrons. The van der Waals surface area contributed by atoms with Crippen molar-refractivity contribution in [2.45, 2.75) is 13.8 Å². The summed E-state index contributed by atoms with van der Waals surface area (Å²) >= 11 is 4.72. The number of ether oxygens (including phenoxy) is 1. The van der Waals surface area contributed by atoms with Crippen molar-refractivity contribution in [3.05, 3.63) is 0 Å². The first kappa shape index (κ1) is 13.3. The molecule has 0 rings (SSSR count). The van der Waals surface area contributed by atoms with Crippen LogP contribution in [0.4, 0.5) is 0 Å². The Morgan fingerprint density at radius 3 is 2.57 bits per heavy atom. The maximum atomic E-state index is 11.4. The summed E-state index contributed by atoms with van der Waals surface area (Å²) in [6.07, 6.45) is 0. The molecule has 0 aromatic heterocycles. The molecule has 4 nitrogen and oxygen atoms in total. The van der Waals surface area contributed by atoms with E-state index in [4.69, 9.17) is 22.7 Å². The number of carbonyl (C=O) groups excluding carboxylic acids is 1. The Balaban J connectivity index is 3.79. The Labute approximate surface area is 90.2 Å². The number of thiocarbonyl (C=S) groups is 1. The zero-order valence-corrected chi connectivity index (χ0v) is 9.69. The van der Waals surface area contributed by atoms with Crippen LogP contribution >= 0.6 is 12.2 Å². The van der Waals surface area contributed by atoms with Crippen LogP contribution in [0.2, 0.25) is 0 Å². The van der Waals surface area contributed by atoms with E-state index in [0.717, 1.165) is 0 Å². The van der Waals surface area contributed by atoms with E-state index >= 15 is 0 Å². The Kier molecular flexibility index (Phi) is 6.40. The fourth-order valence-electron chi connectivity index (χ4n) is 0.901. The second-order valence-electron chi connectivity index (χ2n) is 3.43. The molecule has 3 N–H and O–H groups in total. The van der Waals surface area contributed by atoms with E-state index in [1.807, 2.05) is 6.92 Å². The molecule has 0 aliphatic carbocycles. The van der Waals surface area contributed by atoms with Crippen LogP contribution < -0.4 is 11.1 Å². The van der Waals surface area contributed by atoms with Crippen LogP contribution in [-0.4, -0.2) is 31.2 Å². The SMILES string of the molecule is COCC(C)CNC(=O)C(C)C(N)=S. The lowest BCUT2D eigenvalue weighted by atomic mass is 10.1. The Bertz CT molecular complexity index is 209. The Morgan fingerprint density at radius 2 is 2.14 bits per heavy atom. The van der Waals surface area contributed by atoms with Gasteiger partial charge < -0.3 is 15.8 Å². The zero-order valence-electron chi connectivity index (χ0n) is 8.87. The molecule has 0 aliphatic rings. The molecule has 0 heterocycles. The average molecular weight is 218 g/mol. The van der Waals surface area contributed by atoms with E-state index in [2.05, 4.69) is 5.32 Å². The van der Waals surface area contributed by atoms with Gasteiger partial charge in [0.05, 0.1) is 17.5 Å². The lowest BCUT2D eigenvalue weighted by molar-refractivity contribution is -0.122. The first-order valence-corrected chi connectivity index (χ1v) is 4.95. The summed E-state index contributed by atoms with van der Waals surface area (Å²) in [7, 11) is 1.63. The third kappa shape index (κ3) is 5.14. The van der Waals surface area contributed by atoms with E-state index in [1.54, 1.807) is 14.0 Å². The summed E-state index contributed by atoms with van der Waals surface area (Å²) in [5.41, 5.74) is 5.35. The molecular formula is C9H18N2O2S. The quantitative estimate of drug-likeness (QED) is 0.630. The van der Waals surface area contributed by atoms with Crippen molar-refractivity contribution < 1.29 is 9.53 Å². The Morgan fingerprint density at radius 1 is 1.57 bits per heavy atom. The van der Waals surface area contributed by atoms with Crippen LogP contribution in [0.3, 0.4) is 0 Å². The standard InChI is InChI=1S/C9H18N2O2S/c1-6(5-13-3)4-11-9(12)7(2)8(10)14/h6-7H,4-5H2,1-3H3,(H2,10,14)(H,11,12). The minimum absolute atomic E-state index is 0.125. The highest BCUT2D eigenvalue weighted by Crippen LogP contribution is 1.97. The summed E-state index contributed by atoms with van der Waals surface area (Å²) in [5.74, 6) is -0.234. The van der Waals surface area contributed by atoms with E-state index in [-0.39, 0.29) is 10.9 Å². The summed E-state index contributed by atoms with van der Waals surface area (Å²) < 4.78 is 4.94. The first-order chi connectivity index (χ1) is 6.49. The molecule has 2 atom stereocenters. The van der Waals surface area contributed by atoms with E-state index in [0.29, 0.717) is 19.1 Å². The molecule has 0 radical (unpaired) electrons. The largest absolute Gasteiger partial charge is 0.393 e. The highest BCUT2D eigenvalue weighted by atomic mass is 32.1. The monoisotopic (exact) mass is 218 g/mol. The normalized spacial score (nSPS) is 14.5. The predicted molar refractivity (Wildman–Crippen MR) is 60.0 cm³/mol. The van der Waals surface area contributed by atoms with Gasteiger partial charge in [-0.2, -0.15) is 0 Å².